The Kier molecular flexibility index (Phi) is 5.76. The van der Waals surface area contributed by atoms with Gasteiger partial charge in [0.15, 0.2) is 0 Å². The fraction of sp³-hybridized carbons (Fsp3) is 0.364. The standard InChI is InChI=1S/C22H25N3O4S/c1-15-7-6-10-17(13-15)25-30(26,27)18-11-12-20(28-2)19(14-18)21-23-22(29-24-21)16-8-4-3-5-9-16/h6-7,10-14,16,25H,3-5,8-9H2,1-2H3. The van der Waals surface area contributed by atoms with Crippen LogP contribution in [0.4, 0.5) is 5.69 Å². The maximum Gasteiger partial charge on any atom is 0.261 e. The monoisotopic (exact) mass is 427 g/mol. The van der Waals surface area contributed by atoms with Crippen LogP contribution in [0.15, 0.2) is 51.9 Å². The lowest BCUT2D eigenvalue weighted by Crippen LogP contribution is -2.13. The Morgan fingerprint density at radius 2 is 1.90 bits per heavy atom. The number of nitrogens with zero attached hydrogens (tertiary/aromatic N) is 2. The number of nitrogens with one attached hydrogen (secondary N) is 1. The number of hydrogen-bond donors (Lipinski definition) is 1. The summed E-state index contributed by atoms with van der Waals surface area (Å²) in [4.78, 5) is 4.66. The van der Waals surface area contributed by atoms with Crippen molar-refractivity contribution in [1.82, 2.24) is 10.1 Å². The summed E-state index contributed by atoms with van der Waals surface area (Å²) < 4.78 is 39.4. The van der Waals surface area contributed by atoms with E-state index in [-0.39, 0.29) is 10.8 Å². The van der Waals surface area contributed by atoms with E-state index in [4.69, 9.17) is 9.26 Å². The first-order valence-electron chi connectivity index (χ1n) is 10.1. The van der Waals surface area contributed by atoms with Gasteiger partial charge in [-0.2, -0.15) is 4.98 Å². The SMILES string of the molecule is COc1ccc(S(=O)(=O)Nc2cccc(C)c2)cc1-c1noc(C2CCCCC2)n1. The van der Waals surface area contributed by atoms with E-state index < -0.39 is 10.0 Å². The molecule has 0 saturated heterocycles. The summed E-state index contributed by atoms with van der Waals surface area (Å²) in [5.41, 5.74) is 1.95. The van der Waals surface area contributed by atoms with Gasteiger partial charge in [0.05, 0.1) is 17.6 Å². The Labute approximate surface area is 176 Å². The first-order chi connectivity index (χ1) is 14.5. The van der Waals surface area contributed by atoms with Gasteiger partial charge in [0.1, 0.15) is 5.75 Å². The summed E-state index contributed by atoms with van der Waals surface area (Å²) >= 11 is 0. The molecule has 30 heavy (non-hydrogen) atoms. The smallest absolute Gasteiger partial charge is 0.261 e. The lowest BCUT2D eigenvalue weighted by molar-refractivity contribution is 0.314. The highest BCUT2D eigenvalue weighted by Crippen LogP contribution is 2.35. The van der Waals surface area contributed by atoms with Gasteiger partial charge in [-0.05, 0) is 55.7 Å². The third-order valence-electron chi connectivity index (χ3n) is 5.39. The number of hydrogen-bond acceptors (Lipinski definition) is 6. The molecule has 1 heterocycles. The minimum Gasteiger partial charge on any atom is -0.496 e. The molecule has 1 fully saturated rings. The van der Waals surface area contributed by atoms with Gasteiger partial charge < -0.3 is 9.26 Å². The maximum atomic E-state index is 12.9. The van der Waals surface area contributed by atoms with Crippen LogP contribution in [0, 0.1) is 6.92 Å². The van der Waals surface area contributed by atoms with Gasteiger partial charge in [-0.15, -0.1) is 0 Å². The van der Waals surface area contributed by atoms with E-state index in [9.17, 15) is 8.42 Å². The Balaban J connectivity index is 1.66. The second-order valence-electron chi connectivity index (χ2n) is 7.63. The molecule has 1 saturated carbocycles. The van der Waals surface area contributed by atoms with Gasteiger partial charge in [0, 0.05) is 11.6 Å². The molecule has 0 bridgehead atoms. The average molecular weight is 428 g/mol. The molecule has 0 atom stereocenters. The zero-order valence-corrected chi connectivity index (χ0v) is 17.9. The highest BCUT2D eigenvalue weighted by molar-refractivity contribution is 7.92. The van der Waals surface area contributed by atoms with Gasteiger partial charge in [0.25, 0.3) is 10.0 Å². The number of ether oxygens (including phenoxy) is 1. The molecule has 1 N–H and O–H groups in total. The molecule has 1 aliphatic rings. The second-order valence-corrected chi connectivity index (χ2v) is 9.31. The van der Waals surface area contributed by atoms with Gasteiger partial charge in [-0.25, -0.2) is 8.42 Å². The lowest BCUT2D eigenvalue weighted by atomic mass is 9.89. The number of aromatic nitrogens is 2. The third kappa shape index (κ3) is 4.33. The predicted octanol–water partition coefficient (Wildman–Crippen LogP) is 4.90. The van der Waals surface area contributed by atoms with Crippen LogP contribution in [0.25, 0.3) is 11.4 Å². The van der Waals surface area contributed by atoms with Gasteiger partial charge in [0.2, 0.25) is 11.7 Å². The van der Waals surface area contributed by atoms with Crippen LogP contribution in [0.5, 0.6) is 5.75 Å². The van der Waals surface area contributed by atoms with E-state index in [1.807, 2.05) is 13.0 Å². The molecule has 0 unspecified atom stereocenters. The number of sulfonamides is 1. The van der Waals surface area contributed by atoms with E-state index in [1.165, 1.54) is 25.7 Å². The molecule has 0 aliphatic heterocycles. The van der Waals surface area contributed by atoms with E-state index >= 15 is 0 Å². The maximum absolute atomic E-state index is 12.9. The molecule has 0 amide bonds. The molecule has 7 nitrogen and oxygen atoms in total. The Hall–Kier alpha value is -2.87. The molecule has 8 heteroatoms. The average Bonchev–Trinajstić information content (AvgIpc) is 3.24. The normalized spacial score (nSPS) is 15.1. The van der Waals surface area contributed by atoms with E-state index in [0.717, 1.165) is 31.2 Å². The summed E-state index contributed by atoms with van der Waals surface area (Å²) in [6.45, 7) is 1.91. The molecule has 4 rings (SSSR count). The molecular weight excluding hydrogens is 402 g/mol. The number of anilines is 1. The van der Waals surface area contributed by atoms with Crippen LogP contribution in [-0.2, 0) is 10.0 Å². The summed E-state index contributed by atoms with van der Waals surface area (Å²) in [5.74, 6) is 1.69. The summed E-state index contributed by atoms with van der Waals surface area (Å²) in [6.07, 6.45) is 5.62. The first-order valence-corrected chi connectivity index (χ1v) is 11.6. The van der Waals surface area contributed by atoms with E-state index in [1.54, 1.807) is 24.3 Å². The van der Waals surface area contributed by atoms with Gasteiger partial charge in [-0.1, -0.05) is 36.6 Å². The molecular formula is C22H25N3O4S. The van der Waals surface area contributed by atoms with Crippen LogP contribution in [-0.4, -0.2) is 25.7 Å². The lowest BCUT2D eigenvalue weighted by Gasteiger charge is -2.17. The van der Waals surface area contributed by atoms with Crippen LogP contribution in [0.1, 0.15) is 49.5 Å². The fourth-order valence-corrected chi connectivity index (χ4v) is 4.89. The van der Waals surface area contributed by atoms with Crippen LogP contribution in [0.2, 0.25) is 0 Å². The van der Waals surface area contributed by atoms with Crippen molar-refractivity contribution >= 4 is 15.7 Å². The fourth-order valence-electron chi connectivity index (χ4n) is 3.81. The summed E-state index contributed by atoms with van der Waals surface area (Å²) in [6, 6.07) is 11.8. The number of methoxy groups -OCH3 is 1. The topological polar surface area (TPSA) is 94.3 Å². The van der Waals surface area contributed by atoms with Crippen molar-refractivity contribution in [2.45, 2.75) is 49.8 Å². The Morgan fingerprint density at radius 3 is 2.63 bits per heavy atom. The minimum absolute atomic E-state index is 0.101. The number of benzene rings is 2. The third-order valence-corrected chi connectivity index (χ3v) is 6.77. The van der Waals surface area contributed by atoms with Crippen LogP contribution >= 0.6 is 0 Å². The van der Waals surface area contributed by atoms with E-state index in [0.29, 0.717) is 28.7 Å². The van der Waals surface area contributed by atoms with Crippen molar-refractivity contribution < 1.29 is 17.7 Å². The molecule has 2 aromatic carbocycles. The number of rotatable bonds is 6. The molecule has 3 aromatic rings. The molecule has 1 aliphatic carbocycles. The van der Waals surface area contributed by atoms with Crippen LogP contribution in [0.3, 0.4) is 0 Å². The molecule has 1 aromatic heterocycles. The summed E-state index contributed by atoms with van der Waals surface area (Å²) in [7, 11) is -2.26. The Bertz CT molecular complexity index is 1130. The van der Waals surface area contributed by atoms with Crippen molar-refractivity contribution in [3.8, 4) is 17.1 Å². The van der Waals surface area contributed by atoms with Gasteiger partial charge in [-0.3, -0.25) is 4.72 Å². The van der Waals surface area contributed by atoms with Crippen molar-refractivity contribution in [2.75, 3.05) is 11.8 Å². The van der Waals surface area contributed by atoms with Crippen LogP contribution < -0.4 is 9.46 Å². The van der Waals surface area contributed by atoms with E-state index in [2.05, 4.69) is 14.9 Å². The number of aryl methyl sites for hydroxylation is 1. The molecule has 158 valence electrons. The zero-order valence-electron chi connectivity index (χ0n) is 17.1. The van der Waals surface area contributed by atoms with Crippen molar-refractivity contribution in [3.63, 3.8) is 0 Å². The second kappa shape index (κ2) is 8.47. The van der Waals surface area contributed by atoms with Crippen molar-refractivity contribution in [3.05, 3.63) is 53.9 Å². The molecule has 0 spiro atoms. The zero-order chi connectivity index (χ0) is 21.1. The summed E-state index contributed by atoms with van der Waals surface area (Å²) in [5, 5.41) is 4.11. The highest BCUT2D eigenvalue weighted by Gasteiger charge is 2.24. The largest absolute Gasteiger partial charge is 0.496 e. The predicted molar refractivity (Wildman–Crippen MR) is 114 cm³/mol. The Morgan fingerprint density at radius 1 is 1.10 bits per heavy atom. The quantitative estimate of drug-likeness (QED) is 0.601. The molecule has 0 radical (unpaired) electrons. The van der Waals surface area contributed by atoms with Gasteiger partial charge >= 0.3 is 0 Å². The first kappa shape index (κ1) is 20.4. The van der Waals surface area contributed by atoms with Crippen molar-refractivity contribution in [2.24, 2.45) is 0 Å². The highest BCUT2D eigenvalue weighted by atomic mass is 32.2. The van der Waals surface area contributed by atoms with Crippen molar-refractivity contribution in [1.29, 1.82) is 0 Å². The minimum atomic E-state index is -3.79.